The van der Waals surface area contributed by atoms with Crippen molar-refractivity contribution >= 4 is 0 Å². The Morgan fingerprint density at radius 2 is 2.18 bits per heavy atom. The third-order valence-electron chi connectivity index (χ3n) is 2.46. The number of ether oxygens (including phenoxy) is 1. The van der Waals surface area contributed by atoms with Gasteiger partial charge in [0.2, 0.25) is 0 Å². The summed E-state index contributed by atoms with van der Waals surface area (Å²) >= 11 is 0. The van der Waals surface area contributed by atoms with Crippen molar-refractivity contribution in [3.05, 3.63) is 47.3 Å². The van der Waals surface area contributed by atoms with Crippen LogP contribution in [0.1, 0.15) is 30.0 Å². The molecule has 0 aliphatic carbocycles. The lowest BCUT2D eigenvalue weighted by molar-refractivity contribution is 0.284. The van der Waals surface area contributed by atoms with Gasteiger partial charge in [-0.3, -0.25) is 0 Å². The van der Waals surface area contributed by atoms with E-state index in [1.165, 1.54) is 0 Å². The molecule has 0 radical (unpaired) electrons. The summed E-state index contributed by atoms with van der Waals surface area (Å²) in [6.45, 7) is 4.18. The van der Waals surface area contributed by atoms with Crippen LogP contribution in [-0.2, 0) is 6.61 Å². The summed E-state index contributed by atoms with van der Waals surface area (Å²) in [5.41, 5.74) is 7.65. The van der Waals surface area contributed by atoms with Crippen LogP contribution < -0.4 is 10.5 Å². The summed E-state index contributed by atoms with van der Waals surface area (Å²) in [6.07, 6.45) is 0. The Balaban J connectivity index is 2.08. The van der Waals surface area contributed by atoms with Gasteiger partial charge in [-0.15, -0.1) is 0 Å². The van der Waals surface area contributed by atoms with Crippen LogP contribution in [-0.4, -0.2) is 5.16 Å². The van der Waals surface area contributed by atoms with Crippen molar-refractivity contribution in [1.82, 2.24) is 5.16 Å². The summed E-state index contributed by atoms with van der Waals surface area (Å²) in [4.78, 5) is 0. The molecule has 1 atom stereocenters. The molecule has 2 rings (SSSR count). The zero-order valence-electron chi connectivity index (χ0n) is 10.0. The maximum absolute atomic E-state index is 5.87. The normalized spacial score (nSPS) is 12.4. The quantitative estimate of drug-likeness (QED) is 0.880. The van der Waals surface area contributed by atoms with Crippen molar-refractivity contribution in [2.45, 2.75) is 26.5 Å². The van der Waals surface area contributed by atoms with E-state index in [4.69, 9.17) is 15.0 Å². The highest BCUT2D eigenvalue weighted by atomic mass is 16.5. The predicted octanol–water partition coefficient (Wildman–Crippen LogP) is 2.58. The van der Waals surface area contributed by atoms with Crippen molar-refractivity contribution in [3.8, 4) is 5.75 Å². The van der Waals surface area contributed by atoms with Crippen molar-refractivity contribution in [2.75, 3.05) is 0 Å². The van der Waals surface area contributed by atoms with E-state index in [9.17, 15) is 0 Å². The molecule has 1 aromatic heterocycles. The van der Waals surface area contributed by atoms with Crippen molar-refractivity contribution in [3.63, 3.8) is 0 Å². The Kier molecular flexibility index (Phi) is 3.44. The molecule has 0 saturated carbocycles. The standard InChI is InChI=1S/C13H16N2O2/c1-9-7-11(15-17-9)8-16-13-6-4-3-5-12(13)10(2)14/h3-7,10H,8,14H2,1-2H3. The Labute approximate surface area is 100 Å². The van der Waals surface area contributed by atoms with Crippen LogP contribution in [0.3, 0.4) is 0 Å². The summed E-state index contributed by atoms with van der Waals surface area (Å²) < 4.78 is 10.7. The van der Waals surface area contributed by atoms with Gasteiger partial charge in [-0.05, 0) is 19.9 Å². The lowest BCUT2D eigenvalue weighted by Crippen LogP contribution is -2.08. The number of nitrogens with two attached hydrogens (primary N) is 1. The van der Waals surface area contributed by atoms with E-state index < -0.39 is 0 Å². The third-order valence-corrected chi connectivity index (χ3v) is 2.46. The van der Waals surface area contributed by atoms with Crippen molar-refractivity contribution in [2.24, 2.45) is 5.73 Å². The molecule has 90 valence electrons. The highest BCUT2D eigenvalue weighted by Gasteiger charge is 2.08. The SMILES string of the molecule is Cc1cc(COc2ccccc2C(C)N)no1. The van der Waals surface area contributed by atoms with Gasteiger partial charge in [-0.25, -0.2) is 0 Å². The van der Waals surface area contributed by atoms with E-state index in [0.717, 1.165) is 22.8 Å². The minimum Gasteiger partial charge on any atom is -0.487 e. The molecule has 1 heterocycles. The molecule has 4 nitrogen and oxygen atoms in total. The van der Waals surface area contributed by atoms with Gasteiger partial charge < -0.3 is 15.0 Å². The zero-order valence-corrected chi connectivity index (χ0v) is 10.0. The minimum atomic E-state index is -0.0507. The fraction of sp³-hybridized carbons (Fsp3) is 0.308. The van der Waals surface area contributed by atoms with Gasteiger partial charge in [-0.1, -0.05) is 23.4 Å². The molecule has 2 aromatic rings. The van der Waals surface area contributed by atoms with Gasteiger partial charge in [0.05, 0.1) is 0 Å². The number of hydrogen-bond acceptors (Lipinski definition) is 4. The lowest BCUT2D eigenvalue weighted by Gasteiger charge is -2.12. The number of nitrogens with zero attached hydrogens (tertiary/aromatic N) is 1. The average molecular weight is 232 g/mol. The molecular formula is C13H16N2O2. The summed E-state index contributed by atoms with van der Waals surface area (Å²) in [6, 6.07) is 9.56. The number of rotatable bonds is 4. The Hall–Kier alpha value is -1.81. The molecular weight excluding hydrogens is 216 g/mol. The number of para-hydroxylation sites is 1. The highest BCUT2D eigenvalue weighted by Crippen LogP contribution is 2.23. The molecule has 0 amide bonds. The first-order chi connectivity index (χ1) is 8.16. The topological polar surface area (TPSA) is 61.3 Å². The second kappa shape index (κ2) is 5.01. The second-order valence-corrected chi connectivity index (χ2v) is 4.04. The molecule has 2 N–H and O–H groups in total. The number of aryl methyl sites for hydroxylation is 1. The van der Waals surface area contributed by atoms with E-state index >= 15 is 0 Å². The summed E-state index contributed by atoms with van der Waals surface area (Å²) in [5, 5.41) is 3.87. The van der Waals surface area contributed by atoms with E-state index in [2.05, 4.69) is 5.16 Å². The number of hydrogen-bond donors (Lipinski definition) is 1. The summed E-state index contributed by atoms with van der Waals surface area (Å²) in [5.74, 6) is 1.58. The van der Waals surface area contributed by atoms with Gasteiger partial charge in [0.15, 0.2) is 0 Å². The van der Waals surface area contributed by atoms with Crippen LogP contribution in [0.5, 0.6) is 5.75 Å². The molecule has 0 aliphatic rings. The Bertz CT molecular complexity index is 492. The first-order valence-electron chi connectivity index (χ1n) is 5.56. The van der Waals surface area contributed by atoms with Gasteiger partial charge in [0.1, 0.15) is 23.8 Å². The first-order valence-corrected chi connectivity index (χ1v) is 5.56. The smallest absolute Gasteiger partial charge is 0.134 e. The molecule has 1 unspecified atom stereocenters. The van der Waals surface area contributed by atoms with Gasteiger partial charge in [0.25, 0.3) is 0 Å². The fourth-order valence-electron chi connectivity index (χ4n) is 1.63. The Morgan fingerprint density at radius 1 is 1.41 bits per heavy atom. The molecule has 4 heteroatoms. The third kappa shape index (κ3) is 2.85. The second-order valence-electron chi connectivity index (χ2n) is 4.04. The highest BCUT2D eigenvalue weighted by molar-refractivity contribution is 5.35. The molecule has 0 spiro atoms. The fourth-order valence-corrected chi connectivity index (χ4v) is 1.63. The minimum absolute atomic E-state index is 0.0507. The van der Waals surface area contributed by atoms with E-state index in [-0.39, 0.29) is 6.04 Å². The maximum Gasteiger partial charge on any atom is 0.134 e. The van der Waals surface area contributed by atoms with Crippen LogP contribution in [0.25, 0.3) is 0 Å². The van der Waals surface area contributed by atoms with E-state index in [1.54, 1.807) is 0 Å². The average Bonchev–Trinajstić information content (AvgIpc) is 2.73. The zero-order chi connectivity index (χ0) is 12.3. The Morgan fingerprint density at radius 3 is 2.82 bits per heavy atom. The molecule has 1 aromatic carbocycles. The molecule has 0 aliphatic heterocycles. The molecule has 0 bridgehead atoms. The van der Waals surface area contributed by atoms with Gasteiger partial charge in [-0.2, -0.15) is 0 Å². The van der Waals surface area contributed by atoms with E-state index in [1.807, 2.05) is 44.2 Å². The lowest BCUT2D eigenvalue weighted by atomic mass is 10.1. The van der Waals surface area contributed by atoms with Crippen molar-refractivity contribution < 1.29 is 9.26 Å². The number of benzene rings is 1. The maximum atomic E-state index is 5.87. The molecule has 0 fully saturated rings. The molecule has 0 saturated heterocycles. The van der Waals surface area contributed by atoms with Gasteiger partial charge in [0, 0.05) is 17.7 Å². The van der Waals surface area contributed by atoms with Gasteiger partial charge >= 0.3 is 0 Å². The van der Waals surface area contributed by atoms with Crippen LogP contribution in [0.15, 0.2) is 34.9 Å². The van der Waals surface area contributed by atoms with Crippen LogP contribution in [0.4, 0.5) is 0 Å². The largest absolute Gasteiger partial charge is 0.487 e. The van der Waals surface area contributed by atoms with Crippen LogP contribution >= 0.6 is 0 Å². The van der Waals surface area contributed by atoms with Crippen LogP contribution in [0, 0.1) is 6.92 Å². The van der Waals surface area contributed by atoms with E-state index in [0.29, 0.717) is 6.61 Å². The first kappa shape index (κ1) is 11.7. The molecule has 17 heavy (non-hydrogen) atoms. The summed E-state index contributed by atoms with van der Waals surface area (Å²) in [7, 11) is 0. The monoisotopic (exact) mass is 232 g/mol. The van der Waals surface area contributed by atoms with Crippen molar-refractivity contribution in [1.29, 1.82) is 0 Å². The predicted molar refractivity (Wildman–Crippen MR) is 64.6 cm³/mol. The van der Waals surface area contributed by atoms with Crippen LogP contribution in [0.2, 0.25) is 0 Å². The number of aromatic nitrogens is 1.